The van der Waals surface area contributed by atoms with Crippen molar-refractivity contribution in [3.63, 3.8) is 0 Å². The van der Waals surface area contributed by atoms with Gasteiger partial charge in [0.25, 0.3) is 5.97 Å². The molecule has 292 valence electrons. The number of imidazole rings is 2. The SMILES string of the molecule is CC(=O)O.Cc1c[n+]([O-])c(C)c2nc(CCc3cn4c(n3)-c3ccccc3C4)nn12.Cc1ncc(C)n2nc(CCc3cn4c(n3)-c3ccccc3C4)nc12.OO. The van der Waals surface area contributed by atoms with Crippen molar-refractivity contribution in [1.82, 2.24) is 53.3 Å². The van der Waals surface area contributed by atoms with Gasteiger partial charge in [0.05, 0.1) is 22.8 Å². The third-order valence-electron chi connectivity index (χ3n) is 9.76. The van der Waals surface area contributed by atoms with Gasteiger partial charge in [-0.25, -0.2) is 29.0 Å². The molecule has 57 heavy (non-hydrogen) atoms. The van der Waals surface area contributed by atoms with E-state index in [1.807, 2.05) is 31.5 Å². The Morgan fingerprint density at radius 2 is 1.19 bits per heavy atom. The Hall–Kier alpha value is -6.85. The Morgan fingerprint density at radius 1 is 0.719 bits per heavy atom. The van der Waals surface area contributed by atoms with Gasteiger partial charge in [-0.1, -0.05) is 48.5 Å². The first-order chi connectivity index (χ1) is 27.5. The van der Waals surface area contributed by atoms with Crippen molar-refractivity contribution >= 4 is 17.3 Å². The number of carboxylic acids is 1. The molecule has 8 heterocycles. The predicted octanol–water partition coefficient (Wildman–Crippen LogP) is 4.85. The number of nitrogens with zero attached hydrogens (tertiary/aromatic N) is 12. The summed E-state index contributed by atoms with van der Waals surface area (Å²) in [4.78, 5) is 32.2. The van der Waals surface area contributed by atoms with Crippen molar-refractivity contribution < 1.29 is 25.1 Å². The first-order valence-electron chi connectivity index (χ1n) is 18.3. The normalized spacial score (nSPS) is 11.8. The lowest BCUT2D eigenvalue weighted by molar-refractivity contribution is -0.612. The largest absolute Gasteiger partial charge is 0.618 e. The van der Waals surface area contributed by atoms with Gasteiger partial charge in [0.2, 0.25) is 17.5 Å². The molecule has 0 saturated carbocycles. The summed E-state index contributed by atoms with van der Waals surface area (Å²) in [5.74, 6) is 2.85. The van der Waals surface area contributed by atoms with Crippen LogP contribution in [0.25, 0.3) is 34.1 Å². The van der Waals surface area contributed by atoms with Crippen LogP contribution in [-0.2, 0) is 43.6 Å². The van der Waals surface area contributed by atoms with E-state index >= 15 is 0 Å². The standard InChI is InChI=1S/C19H18N6O.C19H18N6.C2H4O2.H2O2/c1-12-9-24(26)13(2)18-21-17(22-25(12)18)8-7-15-11-23-10-14-5-3-4-6-16(14)19(23)20-15;1-12-9-20-13(2)18-22-17(23-25(12)18)8-7-15-11-24-10-14-5-3-4-6-16(14)19(24)21-15;1-2(3)4;1-2/h3-6,9,11H,7-8,10H2,1-2H3;3-6,9,11H,7-8,10H2,1-2H3;1H3,(H,3,4);1-2H. The van der Waals surface area contributed by atoms with Gasteiger partial charge < -0.3 is 19.4 Å². The molecule has 2 aliphatic rings. The number of aliphatic carboxylic acids is 1. The highest BCUT2D eigenvalue weighted by molar-refractivity contribution is 5.66. The van der Waals surface area contributed by atoms with Gasteiger partial charge in [-0.15, -0.1) is 0 Å². The van der Waals surface area contributed by atoms with E-state index in [2.05, 4.69) is 95.2 Å². The lowest BCUT2D eigenvalue weighted by Crippen LogP contribution is -2.31. The Balaban J connectivity index is 0.000000153. The molecule has 0 spiro atoms. The second-order valence-corrected chi connectivity index (χ2v) is 13.9. The topological polar surface area (TPSA) is 214 Å². The number of hydrogen-bond acceptors (Lipinski definition) is 11. The summed E-state index contributed by atoms with van der Waals surface area (Å²) >= 11 is 0. The zero-order chi connectivity index (χ0) is 40.4. The molecule has 8 aromatic rings. The fourth-order valence-corrected chi connectivity index (χ4v) is 7.06. The molecule has 0 atom stereocenters. The van der Waals surface area contributed by atoms with Gasteiger partial charge in [0.1, 0.15) is 17.3 Å². The molecular formula is C40H42N12O5. The summed E-state index contributed by atoms with van der Waals surface area (Å²) in [5, 5.41) is 40.4. The van der Waals surface area contributed by atoms with Gasteiger partial charge in [-0.05, 0) is 44.7 Å². The highest BCUT2D eigenvalue weighted by Gasteiger charge is 2.22. The summed E-state index contributed by atoms with van der Waals surface area (Å²) in [6.07, 6.45) is 10.7. The number of fused-ring (bicyclic) bond motifs is 8. The summed E-state index contributed by atoms with van der Waals surface area (Å²) in [5.41, 5.74) is 12.0. The van der Waals surface area contributed by atoms with Crippen LogP contribution in [0.1, 0.15) is 63.9 Å². The molecule has 2 aromatic carbocycles. The van der Waals surface area contributed by atoms with Gasteiger partial charge in [0, 0.05) is 69.5 Å². The Kier molecular flexibility index (Phi) is 10.8. The van der Waals surface area contributed by atoms with Crippen molar-refractivity contribution in [3.05, 3.63) is 135 Å². The molecule has 6 aromatic heterocycles. The predicted molar refractivity (Wildman–Crippen MR) is 209 cm³/mol. The van der Waals surface area contributed by atoms with Crippen LogP contribution in [0.4, 0.5) is 0 Å². The Labute approximate surface area is 326 Å². The van der Waals surface area contributed by atoms with Gasteiger partial charge in [-0.2, -0.15) is 14.9 Å². The molecule has 2 aliphatic heterocycles. The second-order valence-electron chi connectivity index (χ2n) is 13.9. The maximum atomic E-state index is 11.8. The van der Waals surface area contributed by atoms with E-state index in [1.54, 1.807) is 11.4 Å². The minimum absolute atomic E-state index is 0.562. The summed E-state index contributed by atoms with van der Waals surface area (Å²) in [6.45, 7) is 10.5. The van der Waals surface area contributed by atoms with Crippen molar-refractivity contribution in [2.75, 3.05) is 0 Å². The number of rotatable bonds is 6. The number of benzene rings is 2. The molecule has 0 aliphatic carbocycles. The van der Waals surface area contributed by atoms with Crippen LogP contribution < -0.4 is 4.73 Å². The lowest BCUT2D eigenvalue weighted by atomic mass is 10.1. The number of aromatic nitrogens is 12. The fourth-order valence-electron chi connectivity index (χ4n) is 7.06. The van der Waals surface area contributed by atoms with Crippen LogP contribution >= 0.6 is 0 Å². The second kappa shape index (κ2) is 16.1. The maximum Gasteiger partial charge on any atom is 0.300 e. The van der Waals surface area contributed by atoms with E-state index in [0.717, 1.165) is 101 Å². The van der Waals surface area contributed by atoms with E-state index in [4.69, 9.17) is 30.4 Å². The van der Waals surface area contributed by atoms with E-state index < -0.39 is 5.97 Å². The summed E-state index contributed by atoms with van der Waals surface area (Å²) < 4.78 is 8.89. The van der Waals surface area contributed by atoms with Crippen LogP contribution in [0.2, 0.25) is 0 Å². The molecule has 0 fully saturated rings. The molecule has 0 bridgehead atoms. The van der Waals surface area contributed by atoms with Gasteiger partial charge >= 0.3 is 0 Å². The molecule has 0 radical (unpaired) electrons. The Morgan fingerprint density at radius 3 is 1.70 bits per heavy atom. The van der Waals surface area contributed by atoms with Crippen LogP contribution in [0, 0.1) is 32.9 Å². The number of hydrogen-bond donors (Lipinski definition) is 3. The van der Waals surface area contributed by atoms with Crippen molar-refractivity contribution in [2.45, 2.75) is 73.4 Å². The van der Waals surface area contributed by atoms with Gasteiger partial charge in [0.15, 0.2) is 17.3 Å². The van der Waals surface area contributed by atoms with Gasteiger partial charge in [-0.3, -0.25) is 20.3 Å². The first kappa shape index (κ1) is 38.4. The molecule has 3 N–H and O–H groups in total. The lowest BCUT2D eigenvalue weighted by Gasteiger charge is -2.02. The fraction of sp³-hybridized carbons (Fsp3) is 0.275. The van der Waals surface area contributed by atoms with E-state index in [0.29, 0.717) is 17.8 Å². The highest BCUT2D eigenvalue weighted by Crippen LogP contribution is 2.32. The zero-order valence-electron chi connectivity index (χ0n) is 32.2. The third-order valence-corrected chi connectivity index (χ3v) is 9.76. The zero-order valence-corrected chi connectivity index (χ0v) is 32.2. The molecular weight excluding hydrogens is 729 g/mol. The molecule has 10 rings (SSSR count). The number of carboxylic acid groups (broad SMARTS) is 1. The summed E-state index contributed by atoms with van der Waals surface area (Å²) in [7, 11) is 0. The quantitative estimate of drug-likeness (QED) is 0.0896. The average molecular weight is 771 g/mol. The van der Waals surface area contributed by atoms with E-state index in [1.165, 1.54) is 28.5 Å². The number of carbonyl (C=O) groups is 1. The molecule has 17 heteroatoms. The minimum Gasteiger partial charge on any atom is -0.618 e. The molecule has 0 unspecified atom stereocenters. The van der Waals surface area contributed by atoms with Crippen molar-refractivity contribution in [3.8, 4) is 22.8 Å². The van der Waals surface area contributed by atoms with Crippen molar-refractivity contribution in [2.24, 2.45) is 0 Å². The summed E-state index contributed by atoms with van der Waals surface area (Å²) in [6, 6.07) is 16.9. The monoisotopic (exact) mass is 770 g/mol. The first-order valence-corrected chi connectivity index (χ1v) is 18.3. The number of aryl methyl sites for hydroxylation is 8. The maximum absolute atomic E-state index is 11.8. The Bertz CT molecular complexity index is 2700. The van der Waals surface area contributed by atoms with E-state index in [9.17, 15) is 5.21 Å². The minimum atomic E-state index is -0.833. The van der Waals surface area contributed by atoms with Crippen molar-refractivity contribution in [1.29, 1.82) is 0 Å². The molecule has 17 nitrogen and oxygen atoms in total. The van der Waals surface area contributed by atoms with Crippen LogP contribution in [0.3, 0.4) is 0 Å². The van der Waals surface area contributed by atoms with Crippen LogP contribution in [0.5, 0.6) is 0 Å². The van der Waals surface area contributed by atoms with E-state index in [-0.39, 0.29) is 0 Å². The molecule has 0 amide bonds. The molecule has 0 saturated heterocycles. The van der Waals surface area contributed by atoms with Crippen LogP contribution in [-0.4, -0.2) is 74.9 Å². The highest BCUT2D eigenvalue weighted by atomic mass is 17.0. The third kappa shape index (κ3) is 7.83. The smallest absolute Gasteiger partial charge is 0.300 e. The average Bonchev–Trinajstić information content (AvgIpc) is 4.04. The van der Waals surface area contributed by atoms with Crippen LogP contribution in [0.15, 0.2) is 73.3 Å².